The molecular formula is C19H22N8O3S. The molecule has 31 heavy (non-hydrogen) atoms. The number of piperazine rings is 1. The van der Waals surface area contributed by atoms with Crippen molar-refractivity contribution >= 4 is 34.7 Å². The molecule has 3 saturated heterocycles. The molecule has 0 N–H and O–H groups in total. The van der Waals surface area contributed by atoms with Gasteiger partial charge in [0, 0.05) is 33.4 Å². The maximum absolute atomic E-state index is 13.1. The Morgan fingerprint density at radius 3 is 2.61 bits per heavy atom. The van der Waals surface area contributed by atoms with Gasteiger partial charge in [0.2, 0.25) is 5.91 Å². The number of carbonyl (C=O) groups excluding carboxylic acids is 1. The molecule has 2 bridgehead atoms. The summed E-state index contributed by atoms with van der Waals surface area (Å²) < 4.78 is 3.89. The smallest absolute Gasteiger partial charge is 0.332 e. The first-order valence-electron chi connectivity index (χ1n) is 9.93. The van der Waals surface area contributed by atoms with Crippen LogP contribution in [0.15, 0.2) is 33.3 Å². The van der Waals surface area contributed by atoms with Crippen LogP contribution in [-0.4, -0.2) is 70.9 Å². The first-order chi connectivity index (χ1) is 14.9. The summed E-state index contributed by atoms with van der Waals surface area (Å²) in [6.07, 6.45) is 6.12. The molecule has 0 aromatic carbocycles. The number of thioether (sulfide) groups is 1. The number of amides is 1. The SMILES string of the molecule is CSc1nccc(N2CC3CC(C2)N3C(=O)Cn2cnc3c2c(=O)n(C)c(=O)n3C)n1. The summed E-state index contributed by atoms with van der Waals surface area (Å²) >= 11 is 1.50. The van der Waals surface area contributed by atoms with Gasteiger partial charge in [0.05, 0.1) is 18.4 Å². The quantitative estimate of drug-likeness (QED) is 0.390. The van der Waals surface area contributed by atoms with Crippen LogP contribution in [0.5, 0.6) is 0 Å². The van der Waals surface area contributed by atoms with Crippen LogP contribution < -0.4 is 16.1 Å². The average molecular weight is 443 g/mol. The van der Waals surface area contributed by atoms with Crippen molar-refractivity contribution in [1.29, 1.82) is 0 Å². The van der Waals surface area contributed by atoms with Crippen molar-refractivity contribution in [2.24, 2.45) is 14.1 Å². The Hall–Kier alpha value is -3.15. The highest BCUT2D eigenvalue weighted by molar-refractivity contribution is 7.98. The molecule has 2 atom stereocenters. The third-order valence-electron chi connectivity index (χ3n) is 6.13. The fourth-order valence-electron chi connectivity index (χ4n) is 4.55. The van der Waals surface area contributed by atoms with Crippen LogP contribution in [0.2, 0.25) is 0 Å². The Morgan fingerprint density at radius 2 is 1.90 bits per heavy atom. The molecule has 1 amide bonds. The van der Waals surface area contributed by atoms with Gasteiger partial charge in [-0.15, -0.1) is 0 Å². The maximum atomic E-state index is 13.1. The van der Waals surface area contributed by atoms with Gasteiger partial charge >= 0.3 is 5.69 Å². The third-order valence-corrected chi connectivity index (χ3v) is 6.69. The Morgan fingerprint density at radius 1 is 1.16 bits per heavy atom. The lowest BCUT2D eigenvalue weighted by atomic mass is 9.87. The normalized spacial score (nSPS) is 20.2. The van der Waals surface area contributed by atoms with Gasteiger partial charge in [-0.3, -0.25) is 18.7 Å². The summed E-state index contributed by atoms with van der Waals surface area (Å²) in [4.78, 5) is 54.9. The van der Waals surface area contributed by atoms with Crippen LogP contribution in [0.1, 0.15) is 6.42 Å². The van der Waals surface area contributed by atoms with Crippen LogP contribution in [0.4, 0.5) is 5.82 Å². The second-order valence-electron chi connectivity index (χ2n) is 7.90. The maximum Gasteiger partial charge on any atom is 0.332 e. The van der Waals surface area contributed by atoms with Crippen molar-refractivity contribution in [3.63, 3.8) is 0 Å². The van der Waals surface area contributed by atoms with Crippen molar-refractivity contribution in [2.45, 2.75) is 30.2 Å². The lowest BCUT2D eigenvalue weighted by Gasteiger charge is -2.56. The van der Waals surface area contributed by atoms with Crippen molar-refractivity contribution in [3.05, 3.63) is 39.4 Å². The first kappa shape index (κ1) is 19.8. The minimum absolute atomic E-state index is 0.0150. The number of carbonyl (C=O) groups is 1. The number of rotatable bonds is 4. The summed E-state index contributed by atoms with van der Waals surface area (Å²) in [5, 5.41) is 0.729. The second-order valence-corrected chi connectivity index (χ2v) is 8.67. The molecule has 0 spiro atoms. The number of fused-ring (bicyclic) bond motifs is 3. The van der Waals surface area contributed by atoms with E-state index in [4.69, 9.17) is 0 Å². The summed E-state index contributed by atoms with van der Waals surface area (Å²) in [6.45, 7) is 1.45. The molecule has 0 aliphatic carbocycles. The van der Waals surface area contributed by atoms with E-state index in [1.54, 1.807) is 17.8 Å². The first-order valence-corrected chi connectivity index (χ1v) is 11.2. The lowest BCUT2D eigenvalue weighted by Crippen LogP contribution is -2.70. The van der Waals surface area contributed by atoms with Gasteiger partial charge in [-0.05, 0) is 18.7 Å². The molecule has 162 valence electrons. The van der Waals surface area contributed by atoms with E-state index in [0.29, 0.717) is 13.1 Å². The van der Waals surface area contributed by atoms with Crippen molar-refractivity contribution in [1.82, 2.24) is 33.6 Å². The van der Waals surface area contributed by atoms with Gasteiger partial charge in [-0.25, -0.2) is 19.7 Å². The van der Waals surface area contributed by atoms with Crippen molar-refractivity contribution in [3.8, 4) is 0 Å². The minimum atomic E-state index is -0.452. The molecule has 2 unspecified atom stereocenters. The minimum Gasteiger partial charge on any atom is -0.352 e. The molecular weight excluding hydrogens is 420 g/mol. The fraction of sp³-hybridized carbons (Fsp3) is 0.474. The molecule has 6 rings (SSSR count). The summed E-state index contributed by atoms with van der Waals surface area (Å²) in [6, 6.07) is 2.12. The molecule has 3 aliphatic rings. The van der Waals surface area contributed by atoms with Gasteiger partial charge in [-0.2, -0.15) is 0 Å². The van der Waals surface area contributed by atoms with E-state index >= 15 is 0 Å². The number of aryl methyl sites for hydroxylation is 1. The largest absolute Gasteiger partial charge is 0.352 e. The standard InChI is InChI=1S/C19H22N8O3S/c1-23-16-15(17(29)24(2)19(23)30)26(10-21-16)9-14(28)27-11-6-12(27)8-25(7-11)13-4-5-20-18(22-13)31-3/h4-5,10-12H,6-9H2,1-3H3. The predicted molar refractivity (Wildman–Crippen MR) is 115 cm³/mol. The number of piperidine rings is 1. The predicted octanol–water partition coefficient (Wildman–Crippen LogP) is -0.565. The number of imidazole rings is 1. The Bertz CT molecular complexity index is 1300. The molecule has 0 radical (unpaired) electrons. The van der Waals surface area contributed by atoms with E-state index in [1.807, 2.05) is 17.2 Å². The number of anilines is 1. The van der Waals surface area contributed by atoms with Crippen molar-refractivity contribution in [2.75, 3.05) is 24.2 Å². The number of aromatic nitrogens is 6. The van der Waals surface area contributed by atoms with Gasteiger partial charge in [0.25, 0.3) is 5.56 Å². The number of nitrogens with zero attached hydrogens (tertiary/aromatic N) is 8. The van der Waals surface area contributed by atoms with Crippen molar-refractivity contribution < 1.29 is 4.79 Å². The molecule has 3 aliphatic heterocycles. The van der Waals surface area contributed by atoms with E-state index in [0.717, 1.165) is 22.0 Å². The molecule has 0 saturated carbocycles. The van der Waals surface area contributed by atoms with Gasteiger partial charge < -0.3 is 14.4 Å². The monoisotopic (exact) mass is 442 g/mol. The molecule has 12 heteroatoms. The van der Waals surface area contributed by atoms with Crippen LogP contribution in [0, 0.1) is 0 Å². The van der Waals surface area contributed by atoms with Gasteiger partial charge in [0.1, 0.15) is 12.4 Å². The fourth-order valence-corrected chi connectivity index (χ4v) is 4.91. The summed E-state index contributed by atoms with van der Waals surface area (Å²) in [7, 11) is 2.99. The molecule has 11 nitrogen and oxygen atoms in total. The van der Waals surface area contributed by atoms with Crippen LogP contribution in [-0.2, 0) is 25.4 Å². The Balaban J connectivity index is 1.35. The second kappa shape index (κ2) is 7.22. The van der Waals surface area contributed by atoms with Crippen LogP contribution >= 0.6 is 11.8 Å². The van der Waals surface area contributed by atoms with Gasteiger partial charge in [-0.1, -0.05) is 11.8 Å². The van der Waals surface area contributed by atoms with E-state index in [-0.39, 0.29) is 35.7 Å². The lowest BCUT2D eigenvalue weighted by molar-refractivity contribution is -0.146. The number of hydrogen-bond donors (Lipinski definition) is 0. The molecule has 3 fully saturated rings. The highest BCUT2D eigenvalue weighted by Gasteiger charge is 2.47. The topological polar surface area (TPSA) is 111 Å². The molecule has 6 heterocycles. The molecule has 3 aromatic heterocycles. The Kier molecular flexibility index (Phi) is 4.61. The highest BCUT2D eigenvalue weighted by atomic mass is 32.2. The highest BCUT2D eigenvalue weighted by Crippen LogP contribution is 2.34. The van der Waals surface area contributed by atoms with Crippen LogP contribution in [0.3, 0.4) is 0 Å². The van der Waals surface area contributed by atoms with Crippen LogP contribution in [0.25, 0.3) is 11.2 Å². The Labute approximate surface area is 181 Å². The van der Waals surface area contributed by atoms with E-state index in [9.17, 15) is 14.4 Å². The zero-order chi connectivity index (χ0) is 21.9. The van der Waals surface area contributed by atoms with Gasteiger partial charge in [0.15, 0.2) is 16.3 Å². The van der Waals surface area contributed by atoms with E-state index in [2.05, 4.69) is 19.9 Å². The van der Waals surface area contributed by atoms with E-state index in [1.165, 1.54) is 29.7 Å². The zero-order valence-corrected chi connectivity index (χ0v) is 18.2. The van der Waals surface area contributed by atoms with E-state index < -0.39 is 11.2 Å². The number of hydrogen-bond acceptors (Lipinski definition) is 8. The average Bonchev–Trinajstić information content (AvgIpc) is 3.19. The third kappa shape index (κ3) is 3.04. The summed E-state index contributed by atoms with van der Waals surface area (Å²) in [5.41, 5.74) is -0.354. The molecule has 3 aromatic rings. The summed E-state index contributed by atoms with van der Waals surface area (Å²) in [5.74, 6) is 0.828. The zero-order valence-electron chi connectivity index (χ0n) is 17.4.